The fourth-order valence-corrected chi connectivity index (χ4v) is 1.84. The van der Waals surface area contributed by atoms with E-state index in [1.54, 1.807) is 6.07 Å². The van der Waals surface area contributed by atoms with Gasteiger partial charge >= 0.3 is 0 Å². The monoisotopic (exact) mass is 271 g/mol. The number of nitrogens with zero attached hydrogens (tertiary/aromatic N) is 2. The van der Waals surface area contributed by atoms with Gasteiger partial charge in [0.05, 0.1) is 0 Å². The molecule has 0 aliphatic heterocycles. The normalized spacial score (nSPS) is 11.8. The Bertz CT molecular complexity index is 556. The summed E-state index contributed by atoms with van der Waals surface area (Å²) in [7, 11) is 0. The largest absolute Gasteiger partial charge is 0.364 e. The summed E-state index contributed by atoms with van der Waals surface area (Å²) >= 11 is 0. The molecule has 0 aliphatic carbocycles. The average molecular weight is 271 g/mol. The zero-order chi connectivity index (χ0) is 14.4. The number of nitrogens with one attached hydrogen (secondary N) is 1. The molecule has 2 rings (SSSR count). The molecule has 0 fully saturated rings. The molecular formula is C14H17N5O. The van der Waals surface area contributed by atoms with E-state index in [0.29, 0.717) is 12.4 Å². The van der Waals surface area contributed by atoms with Crippen molar-refractivity contribution in [2.24, 2.45) is 11.5 Å². The summed E-state index contributed by atoms with van der Waals surface area (Å²) in [5.41, 5.74) is 12.2. The van der Waals surface area contributed by atoms with Gasteiger partial charge in [0.2, 0.25) is 0 Å². The van der Waals surface area contributed by atoms with Crippen LogP contribution in [0.25, 0.3) is 0 Å². The third-order valence-electron chi connectivity index (χ3n) is 2.88. The van der Waals surface area contributed by atoms with Gasteiger partial charge in [-0.05, 0) is 24.1 Å². The molecule has 1 unspecified atom stereocenters. The van der Waals surface area contributed by atoms with Crippen molar-refractivity contribution < 1.29 is 4.79 Å². The summed E-state index contributed by atoms with van der Waals surface area (Å²) in [6.07, 6.45) is 0.788. The van der Waals surface area contributed by atoms with Crippen molar-refractivity contribution >= 4 is 11.7 Å². The molecule has 1 aromatic carbocycles. The highest BCUT2D eigenvalue weighted by Crippen LogP contribution is 2.08. The van der Waals surface area contributed by atoms with Crippen LogP contribution >= 0.6 is 0 Å². The highest BCUT2D eigenvalue weighted by molar-refractivity contribution is 5.90. The number of amides is 1. The predicted octanol–water partition coefficient (Wildman–Crippen LogP) is 0.557. The Morgan fingerprint density at radius 3 is 2.45 bits per heavy atom. The first-order valence-electron chi connectivity index (χ1n) is 6.33. The minimum absolute atomic E-state index is 0.0473. The lowest BCUT2D eigenvalue weighted by Crippen LogP contribution is -2.31. The molecule has 0 saturated heterocycles. The molecule has 1 atom stereocenters. The van der Waals surface area contributed by atoms with E-state index in [-0.39, 0.29) is 11.7 Å². The first kappa shape index (κ1) is 14.0. The SMILES string of the molecule is NCC(Cc1ccccc1)Nc1ccc(C(N)=O)nn1. The minimum Gasteiger partial charge on any atom is -0.364 e. The quantitative estimate of drug-likeness (QED) is 0.711. The van der Waals surface area contributed by atoms with Gasteiger partial charge in [-0.25, -0.2) is 0 Å². The molecule has 6 heteroatoms. The number of hydrogen-bond donors (Lipinski definition) is 3. The second-order valence-electron chi connectivity index (χ2n) is 4.43. The van der Waals surface area contributed by atoms with Crippen molar-refractivity contribution in [1.82, 2.24) is 10.2 Å². The topological polar surface area (TPSA) is 107 Å². The van der Waals surface area contributed by atoms with Crippen molar-refractivity contribution in [2.45, 2.75) is 12.5 Å². The highest BCUT2D eigenvalue weighted by atomic mass is 16.1. The number of carbonyl (C=O) groups is 1. The number of nitrogens with two attached hydrogens (primary N) is 2. The summed E-state index contributed by atoms with van der Waals surface area (Å²) in [5, 5.41) is 10.8. The molecule has 0 aliphatic rings. The molecule has 5 N–H and O–H groups in total. The smallest absolute Gasteiger partial charge is 0.269 e. The van der Waals surface area contributed by atoms with Crippen LogP contribution in [0, 0.1) is 0 Å². The van der Waals surface area contributed by atoms with Crippen molar-refractivity contribution in [3.05, 3.63) is 53.7 Å². The second kappa shape index (κ2) is 6.63. The summed E-state index contributed by atoms with van der Waals surface area (Å²) in [6.45, 7) is 0.466. The number of benzene rings is 1. The Hall–Kier alpha value is -2.47. The zero-order valence-electron chi connectivity index (χ0n) is 11.0. The number of anilines is 1. The van der Waals surface area contributed by atoms with Crippen LogP contribution in [0.15, 0.2) is 42.5 Å². The van der Waals surface area contributed by atoms with Crippen LogP contribution < -0.4 is 16.8 Å². The summed E-state index contributed by atoms with van der Waals surface area (Å²) in [6, 6.07) is 13.3. The minimum atomic E-state index is -0.594. The van der Waals surface area contributed by atoms with Gasteiger partial charge < -0.3 is 16.8 Å². The fraction of sp³-hybridized carbons (Fsp3) is 0.214. The lowest BCUT2D eigenvalue weighted by Gasteiger charge is -2.17. The molecule has 2 aromatic rings. The standard InChI is InChI=1S/C14H17N5O/c15-9-11(8-10-4-2-1-3-5-10)17-13-7-6-12(14(16)20)18-19-13/h1-7,11H,8-9,15H2,(H2,16,20)(H,17,19). The Morgan fingerprint density at radius 2 is 1.90 bits per heavy atom. The van der Waals surface area contributed by atoms with Gasteiger partial charge in [0.25, 0.3) is 5.91 Å². The van der Waals surface area contributed by atoms with Gasteiger partial charge in [-0.3, -0.25) is 4.79 Å². The second-order valence-corrected chi connectivity index (χ2v) is 4.43. The summed E-state index contributed by atoms with van der Waals surface area (Å²) < 4.78 is 0. The van der Waals surface area contributed by atoms with E-state index in [1.807, 2.05) is 30.3 Å². The Labute approximate surface area is 117 Å². The molecule has 1 heterocycles. The molecule has 104 valence electrons. The van der Waals surface area contributed by atoms with Gasteiger partial charge in [0.15, 0.2) is 5.69 Å². The van der Waals surface area contributed by atoms with Crippen molar-refractivity contribution in [3.63, 3.8) is 0 Å². The molecule has 1 amide bonds. The third kappa shape index (κ3) is 3.76. The van der Waals surface area contributed by atoms with Crippen LogP contribution in [0.3, 0.4) is 0 Å². The first-order valence-corrected chi connectivity index (χ1v) is 6.33. The number of primary amides is 1. The number of carbonyl (C=O) groups excluding carboxylic acids is 1. The van der Waals surface area contributed by atoms with Gasteiger partial charge in [0, 0.05) is 12.6 Å². The number of aromatic nitrogens is 2. The van der Waals surface area contributed by atoms with E-state index in [2.05, 4.69) is 15.5 Å². The number of hydrogen-bond acceptors (Lipinski definition) is 5. The Morgan fingerprint density at radius 1 is 1.15 bits per heavy atom. The van der Waals surface area contributed by atoms with Crippen LogP contribution in [0.5, 0.6) is 0 Å². The summed E-state index contributed by atoms with van der Waals surface area (Å²) in [5.74, 6) is -0.0231. The van der Waals surface area contributed by atoms with Gasteiger partial charge in [-0.1, -0.05) is 30.3 Å². The van der Waals surface area contributed by atoms with Crippen LogP contribution in [0.4, 0.5) is 5.82 Å². The zero-order valence-corrected chi connectivity index (χ0v) is 11.0. The maximum atomic E-state index is 10.9. The molecule has 0 spiro atoms. The van der Waals surface area contributed by atoms with E-state index in [1.165, 1.54) is 11.6 Å². The average Bonchev–Trinajstić information content (AvgIpc) is 2.48. The highest BCUT2D eigenvalue weighted by Gasteiger charge is 2.09. The maximum absolute atomic E-state index is 10.9. The van der Waals surface area contributed by atoms with Crippen LogP contribution in [0.2, 0.25) is 0 Å². The van der Waals surface area contributed by atoms with Gasteiger partial charge in [0.1, 0.15) is 5.82 Å². The maximum Gasteiger partial charge on any atom is 0.269 e. The molecule has 1 aromatic heterocycles. The number of rotatable bonds is 6. The lowest BCUT2D eigenvalue weighted by atomic mass is 10.1. The molecule has 6 nitrogen and oxygen atoms in total. The summed E-state index contributed by atoms with van der Waals surface area (Å²) in [4.78, 5) is 10.9. The van der Waals surface area contributed by atoms with Crippen molar-refractivity contribution in [3.8, 4) is 0 Å². The van der Waals surface area contributed by atoms with Crippen molar-refractivity contribution in [2.75, 3.05) is 11.9 Å². The van der Waals surface area contributed by atoms with Gasteiger partial charge in [-0.15, -0.1) is 10.2 Å². The lowest BCUT2D eigenvalue weighted by molar-refractivity contribution is 0.0994. The molecular weight excluding hydrogens is 254 g/mol. The van der Waals surface area contributed by atoms with Crippen LogP contribution in [-0.4, -0.2) is 28.7 Å². The molecule has 0 saturated carbocycles. The van der Waals surface area contributed by atoms with Crippen LogP contribution in [0.1, 0.15) is 16.1 Å². The third-order valence-corrected chi connectivity index (χ3v) is 2.88. The van der Waals surface area contributed by atoms with Gasteiger partial charge in [-0.2, -0.15) is 0 Å². The predicted molar refractivity (Wildman–Crippen MR) is 77.2 cm³/mol. The first-order chi connectivity index (χ1) is 9.69. The van der Waals surface area contributed by atoms with E-state index < -0.39 is 5.91 Å². The van der Waals surface area contributed by atoms with E-state index in [0.717, 1.165) is 6.42 Å². The van der Waals surface area contributed by atoms with E-state index >= 15 is 0 Å². The van der Waals surface area contributed by atoms with E-state index in [4.69, 9.17) is 11.5 Å². The fourth-order valence-electron chi connectivity index (χ4n) is 1.84. The Balaban J connectivity index is 2.01. The van der Waals surface area contributed by atoms with E-state index in [9.17, 15) is 4.79 Å². The van der Waals surface area contributed by atoms with Crippen LogP contribution in [-0.2, 0) is 6.42 Å². The molecule has 0 bridgehead atoms. The Kier molecular flexibility index (Phi) is 4.62. The molecule has 20 heavy (non-hydrogen) atoms. The van der Waals surface area contributed by atoms with Crippen molar-refractivity contribution in [1.29, 1.82) is 0 Å². The molecule has 0 radical (unpaired) electrons.